The zero-order valence-corrected chi connectivity index (χ0v) is 10.8. The standard InChI is InChI=1S/C12H19N3O4/c1-6(16)7(10(13)18)4-9(17)8-2-3-12(15-8)5-14-11(12)19/h6-8,15-16H,2-5H2,1H3,(H2,13,18)(H,14,19)/t6-,7+,8?,12?/m1/s1. The van der Waals surface area contributed by atoms with E-state index in [1.807, 2.05) is 0 Å². The molecule has 4 atom stereocenters. The van der Waals surface area contributed by atoms with Crippen LogP contribution in [0.1, 0.15) is 26.2 Å². The Morgan fingerprint density at radius 3 is 2.63 bits per heavy atom. The molecular formula is C12H19N3O4. The number of rotatable bonds is 5. The molecule has 2 aliphatic heterocycles. The average molecular weight is 269 g/mol. The first-order valence-corrected chi connectivity index (χ1v) is 6.42. The van der Waals surface area contributed by atoms with Crippen molar-refractivity contribution in [3.05, 3.63) is 0 Å². The van der Waals surface area contributed by atoms with Gasteiger partial charge in [0.25, 0.3) is 0 Å². The topological polar surface area (TPSA) is 122 Å². The molecule has 2 amide bonds. The van der Waals surface area contributed by atoms with Crippen LogP contribution in [0.25, 0.3) is 0 Å². The first-order valence-electron chi connectivity index (χ1n) is 6.42. The SMILES string of the molecule is C[C@@H](O)[C@H](CC(=O)C1CCC2(CNC2=O)N1)C(N)=O. The Hall–Kier alpha value is -1.47. The van der Waals surface area contributed by atoms with Gasteiger partial charge in [0, 0.05) is 13.0 Å². The number of nitrogens with two attached hydrogens (primary N) is 1. The molecular weight excluding hydrogens is 250 g/mol. The fourth-order valence-electron chi connectivity index (χ4n) is 2.67. The lowest BCUT2D eigenvalue weighted by atomic mass is 9.90. The van der Waals surface area contributed by atoms with Gasteiger partial charge in [-0.15, -0.1) is 0 Å². The Balaban J connectivity index is 1.94. The van der Waals surface area contributed by atoms with Gasteiger partial charge in [-0.1, -0.05) is 0 Å². The molecule has 1 spiro atoms. The molecule has 0 aliphatic carbocycles. The number of aliphatic hydroxyl groups is 1. The van der Waals surface area contributed by atoms with Crippen molar-refractivity contribution in [3.63, 3.8) is 0 Å². The predicted molar refractivity (Wildman–Crippen MR) is 65.9 cm³/mol. The van der Waals surface area contributed by atoms with Gasteiger partial charge in [-0.05, 0) is 19.8 Å². The molecule has 0 saturated carbocycles. The summed E-state index contributed by atoms with van der Waals surface area (Å²) in [5.41, 5.74) is 4.56. The summed E-state index contributed by atoms with van der Waals surface area (Å²) in [5.74, 6) is -1.82. The summed E-state index contributed by atoms with van der Waals surface area (Å²) < 4.78 is 0. The number of nitrogens with one attached hydrogen (secondary N) is 2. The second kappa shape index (κ2) is 4.90. The fraction of sp³-hybridized carbons (Fsp3) is 0.750. The molecule has 0 bridgehead atoms. The average Bonchev–Trinajstić information content (AvgIpc) is 2.80. The summed E-state index contributed by atoms with van der Waals surface area (Å²) in [6.07, 6.45) is 0.134. The number of hydrogen-bond donors (Lipinski definition) is 4. The molecule has 0 aromatic heterocycles. The van der Waals surface area contributed by atoms with Crippen LogP contribution in [-0.2, 0) is 14.4 Å². The van der Waals surface area contributed by atoms with Crippen molar-refractivity contribution in [2.45, 2.75) is 43.9 Å². The van der Waals surface area contributed by atoms with E-state index in [-0.39, 0.29) is 18.1 Å². The Morgan fingerprint density at radius 2 is 2.26 bits per heavy atom. The third-order valence-electron chi connectivity index (χ3n) is 4.05. The molecule has 106 valence electrons. The van der Waals surface area contributed by atoms with Crippen LogP contribution in [-0.4, -0.2) is 46.9 Å². The van der Waals surface area contributed by atoms with Crippen molar-refractivity contribution in [1.29, 1.82) is 0 Å². The number of β-lactam (4-membered cyclic amide) rings is 1. The van der Waals surface area contributed by atoms with Crippen LogP contribution in [0.5, 0.6) is 0 Å². The quantitative estimate of drug-likeness (QED) is 0.432. The zero-order chi connectivity index (χ0) is 14.2. The molecule has 0 aromatic rings. The van der Waals surface area contributed by atoms with Gasteiger partial charge in [0.1, 0.15) is 5.54 Å². The van der Waals surface area contributed by atoms with Crippen LogP contribution in [0.2, 0.25) is 0 Å². The molecule has 2 fully saturated rings. The summed E-state index contributed by atoms with van der Waals surface area (Å²) in [6.45, 7) is 1.97. The lowest BCUT2D eigenvalue weighted by Crippen LogP contribution is -2.70. The van der Waals surface area contributed by atoms with Crippen LogP contribution in [0.3, 0.4) is 0 Å². The van der Waals surface area contributed by atoms with Gasteiger partial charge in [0.2, 0.25) is 11.8 Å². The highest BCUT2D eigenvalue weighted by atomic mass is 16.3. The van der Waals surface area contributed by atoms with E-state index in [0.29, 0.717) is 19.4 Å². The molecule has 0 aromatic carbocycles. The minimum absolute atomic E-state index is 0.0789. The van der Waals surface area contributed by atoms with Crippen molar-refractivity contribution in [2.75, 3.05) is 6.54 Å². The van der Waals surface area contributed by atoms with Gasteiger partial charge >= 0.3 is 0 Å². The molecule has 5 N–H and O–H groups in total. The third-order valence-corrected chi connectivity index (χ3v) is 4.05. The van der Waals surface area contributed by atoms with Crippen LogP contribution >= 0.6 is 0 Å². The monoisotopic (exact) mass is 269 g/mol. The minimum Gasteiger partial charge on any atom is -0.393 e. The maximum atomic E-state index is 12.1. The lowest BCUT2D eigenvalue weighted by Gasteiger charge is -2.38. The van der Waals surface area contributed by atoms with Crippen molar-refractivity contribution in [1.82, 2.24) is 10.6 Å². The van der Waals surface area contributed by atoms with E-state index in [9.17, 15) is 19.5 Å². The van der Waals surface area contributed by atoms with Crippen LogP contribution < -0.4 is 16.4 Å². The normalized spacial score (nSPS) is 32.5. The Labute approximate surface area is 110 Å². The highest BCUT2D eigenvalue weighted by Gasteiger charge is 2.52. The first-order chi connectivity index (χ1) is 8.85. The molecule has 7 nitrogen and oxygen atoms in total. The number of aliphatic hydroxyl groups excluding tert-OH is 1. The van der Waals surface area contributed by atoms with E-state index in [2.05, 4.69) is 10.6 Å². The van der Waals surface area contributed by atoms with E-state index < -0.39 is 29.5 Å². The molecule has 2 rings (SSSR count). The van der Waals surface area contributed by atoms with Gasteiger partial charge < -0.3 is 16.2 Å². The van der Waals surface area contributed by atoms with Gasteiger partial charge in [-0.25, -0.2) is 0 Å². The number of carbonyl (C=O) groups excluding carboxylic acids is 3. The van der Waals surface area contributed by atoms with Crippen LogP contribution in [0, 0.1) is 5.92 Å². The number of carbonyl (C=O) groups is 3. The van der Waals surface area contributed by atoms with Gasteiger partial charge in [0.15, 0.2) is 5.78 Å². The Bertz CT molecular complexity index is 423. The summed E-state index contributed by atoms with van der Waals surface area (Å²) in [4.78, 5) is 34.7. The van der Waals surface area contributed by atoms with E-state index in [4.69, 9.17) is 5.73 Å². The largest absolute Gasteiger partial charge is 0.393 e. The maximum absolute atomic E-state index is 12.1. The van der Waals surface area contributed by atoms with Crippen LogP contribution in [0.15, 0.2) is 0 Å². The number of amides is 2. The zero-order valence-electron chi connectivity index (χ0n) is 10.8. The van der Waals surface area contributed by atoms with Crippen molar-refractivity contribution in [2.24, 2.45) is 11.7 Å². The summed E-state index contributed by atoms with van der Waals surface area (Å²) in [6, 6.07) is -0.438. The molecule has 19 heavy (non-hydrogen) atoms. The van der Waals surface area contributed by atoms with Gasteiger partial charge in [0.05, 0.1) is 18.1 Å². The van der Waals surface area contributed by atoms with Crippen molar-refractivity contribution >= 4 is 17.6 Å². The van der Waals surface area contributed by atoms with E-state index >= 15 is 0 Å². The van der Waals surface area contributed by atoms with Gasteiger partial charge in [-0.3, -0.25) is 19.7 Å². The highest BCUT2D eigenvalue weighted by Crippen LogP contribution is 2.29. The second-order valence-corrected chi connectivity index (χ2v) is 5.42. The third kappa shape index (κ3) is 2.48. The van der Waals surface area contributed by atoms with E-state index in [1.165, 1.54) is 6.92 Å². The summed E-state index contributed by atoms with van der Waals surface area (Å²) in [5, 5.41) is 15.1. The fourth-order valence-corrected chi connectivity index (χ4v) is 2.67. The molecule has 7 heteroatoms. The summed E-state index contributed by atoms with van der Waals surface area (Å²) in [7, 11) is 0. The Kier molecular flexibility index (Phi) is 3.60. The number of Topliss-reactive ketones (excluding diaryl/α,β-unsaturated/α-hetero) is 1. The van der Waals surface area contributed by atoms with Crippen molar-refractivity contribution in [3.8, 4) is 0 Å². The number of ketones is 1. The first kappa shape index (κ1) is 14.0. The summed E-state index contributed by atoms with van der Waals surface area (Å²) >= 11 is 0. The highest BCUT2D eigenvalue weighted by molar-refractivity contribution is 5.96. The van der Waals surface area contributed by atoms with Crippen LogP contribution in [0.4, 0.5) is 0 Å². The minimum atomic E-state index is -0.955. The number of hydrogen-bond acceptors (Lipinski definition) is 5. The molecule has 2 aliphatic rings. The van der Waals surface area contributed by atoms with Crippen molar-refractivity contribution < 1.29 is 19.5 Å². The smallest absolute Gasteiger partial charge is 0.242 e. The molecule has 2 unspecified atom stereocenters. The second-order valence-electron chi connectivity index (χ2n) is 5.42. The van der Waals surface area contributed by atoms with Gasteiger partial charge in [-0.2, -0.15) is 0 Å². The van der Waals surface area contributed by atoms with E-state index in [0.717, 1.165) is 0 Å². The Morgan fingerprint density at radius 1 is 1.58 bits per heavy atom. The molecule has 0 radical (unpaired) electrons. The lowest BCUT2D eigenvalue weighted by molar-refractivity contribution is -0.135. The van der Waals surface area contributed by atoms with E-state index in [1.54, 1.807) is 0 Å². The maximum Gasteiger partial charge on any atom is 0.242 e. The number of primary amides is 1. The molecule has 2 saturated heterocycles. The molecule has 2 heterocycles. The predicted octanol–water partition coefficient (Wildman–Crippen LogP) is -1.95.